The Morgan fingerprint density at radius 3 is 2.53 bits per heavy atom. The lowest BCUT2D eigenvalue weighted by atomic mass is 10.1. The van der Waals surface area contributed by atoms with E-state index >= 15 is 0 Å². The fourth-order valence-electron chi connectivity index (χ4n) is 1.62. The Labute approximate surface area is 123 Å². The molecule has 0 atom stereocenters. The maximum absolute atomic E-state index is 13.7. The smallest absolute Gasteiger partial charge is 0.262 e. The molecule has 1 amide bonds. The second kappa shape index (κ2) is 6.01. The first-order valence-corrected chi connectivity index (χ1v) is 6.59. The van der Waals surface area contributed by atoms with Crippen LogP contribution >= 0.6 is 22.6 Å². The molecule has 0 saturated carbocycles. The van der Waals surface area contributed by atoms with Crippen LogP contribution in [-0.2, 0) is 0 Å². The van der Waals surface area contributed by atoms with Crippen molar-refractivity contribution in [1.29, 1.82) is 0 Å². The Hall–Kier alpha value is -1.63. The summed E-state index contributed by atoms with van der Waals surface area (Å²) in [7, 11) is 1.40. The number of ether oxygens (including phenoxy) is 1. The van der Waals surface area contributed by atoms with E-state index in [1.54, 1.807) is 18.2 Å². The first-order chi connectivity index (χ1) is 9.11. The van der Waals surface area contributed by atoms with Gasteiger partial charge in [-0.15, -0.1) is 0 Å². The maximum Gasteiger partial charge on any atom is 0.262 e. The normalized spacial score (nSPS) is 10.1. The highest BCUT2D eigenvalue weighted by molar-refractivity contribution is 14.1. The molecule has 0 heterocycles. The van der Waals surface area contributed by atoms with Crippen molar-refractivity contribution in [2.45, 2.75) is 0 Å². The van der Waals surface area contributed by atoms with E-state index in [1.165, 1.54) is 19.2 Å². The molecule has 2 aromatic rings. The number of hydrogen-bond donors (Lipinski definition) is 1. The predicted octanol–water partition coefficient (Wildman–Crippen LogP) is 3.69. The van der Waals surface area contributed by atoms with Gasteiger partial charge >= 0.3 is 0 Å². The monoisotopic (exact) mass is 371 g/mol. The van der Waals surface area contributed by atoms with Crippen LogP contribution in [0.3, 0.4) is 0 Å². The topological polar surface area (TPSA) is 38.3 Å². The average Bonchev–Trinajstić information content (AvgIpc) is 2.40. The average molecular weight is 371 g/mol. The molecule has 0 fully saturated rings. The summed E-state index contributed by atoms with van der Waals surface area (Å²) < 4.78 is 19.8. The van der Waals surface area contributed by atoms with Gasteiger partial charge in [-0.05, 0) is 59.0 Å². The SMILES string of the molecule is COc1cccc(F)c1C(=O)Nc1ccc(I)cc1. The van der Waals surface area contributed by atoms with E-state index in [9.17, 15) is 9.18 Å². The number of anilines is 1. The number of carbonyl (C=O) groups excluding carboxylic acids is 1. The second-order valence-corrected chi connectivity index (χ2v) is 5.02. The number of halogens is 2. The standard InChI is InChI=1S/C14H11FINO2/c1-19-12-4-2-3-11(15)13(12)14(18)17-10-7-5-9(16)6-8-10/h2-8H,1H3,(H,17,18). The molecule has 0 saturated heterocycles. The summed E-state index contributed by atoms with van der Waals surface area (Å²) in [5.41, 5.74) is 0.513. The van der Waals surface area contributed by atoms with Gasteiger partial charge in [-0.25, -0.2) is 4.39 Å². The van der Waals surface area contributed by atoms with Crippen molar-refractivity contribution in [3.63, 3.8) is 0 Å². The molecule has 3 nitrogen and oxygen atoms in total. The number of methoxy groups -OCH3 is 1. The Bertz CT molecular complexity index is 599. The molecule has 0 aliphatic rings. The minimum atomic E-state index is -0.609. The minimum Gasteiger partial charge on any atom is -0.496 e. The van der Waals surface area contributed by atoms with Gasteiger partial charge in [0, 0.05) is 9.26 Å². The number of carbonyl (C=O) groups is 1. The van der Waals surface area contributed by atoms with Gasteiger partial charge in [0.25, 0.3) is 5.91 Å². The van der Waals surface area contributed by atoms with Crippen molar-refractivity contribution in [3.8, 4) is 5.75 Å². The van der Waals surface area contributed by atoms with E-state index in [2.05, 4.69) is 27.9 Å². The van der Waals surface area contributed by atoms with Crippen LogP contribution in [0.2, 0.25) is 0 Å². The molecular formula is C14H11FINO2. The lowest BCUT2D eigenvalue weighted by Crippen LogP contribution is -2.15. The van der Waals surface area contributed by atoms with Crippen LogP contribution in [0.15, 0.2) is 42.5 Å². The third-order valence-corrected chi connectivity index (χ3v) is 3.24. The summed E-state index contributed by atoms with van der Waals surface area (Å²) in [6.45, 7) is 0. The van der Waals surface area contributed by atoms with Gasteiger partial charge in [0.1, 0.15) is 17.1 Å². The van der Waals surface area contributed by atoms with Crippen LogP contribution in [0, 0.1) is 9.39 Å². The van der Waals surface area contributed by atoms with Gasteiger partial charge in [0.15, 0.2) is 0 Å². The predicted molar refractivity (Wildman–Crippen MR) is 80.1 cm³/mol. The molecule has 0 aromatic heterocycles. The van der Waals surface area contributed by atoms with E-state index in [0.717, 1.165) is 3.57 Å². The van der Waals surface area contributed by atoms with Crippen molar-refractivity contribution in [3.05, 3.63) is 57.4 Å². The van der Waals surface area contributed by atoms with Crippen LogP contribution in [0.1, 0.15) is 10.4 Å². The summed E-state index contributed by atoms with van der Waals surface area (Å²) in [6.07, 6.45) is 0. The molecule has 0 radical (unpaired) electrons. The molecule has 0 spiro atoms. The van der Waals surface area contributed by atoms with Gasteiger partial charge in [-0.3, -0.25) is 4.79 Å². The lowest BCUT2D eigenvalue weighted by Gasteiger charge is -2.10. The zero-order valence-corrected chi connectivity index (χ0v) is 12.3. The highest BCUT2D eigenvalue weighted by Crippen LogP contribution is 2.22. The fourth-order valence-corrected chi connectivity index (χ4v) is 1.98. The van der Waals surface area contributed by atoms with Crippen molar-refractivity contribution < 1.29 is 13.9 Å². The Morgan fingerprint density at radius 1 is 1.21 bits per heavy atom. The number of hydrogen-bond acceptors (Lipinski definition) is 2. The number of nitrogens with one attached hydrogen (secondary N) is 1. The second-order valence-electron chi connectivity index (χ2n) is 3.78. The molecular weight excluding hydrogens is 360 g/mol. The van der Waals surface area contributed by atoms with Crippen molar-refractivity contribution >= 4 is 34.2 Å². The molecule has 98 valence electrons. The molecule has 0 aliphatic carbocycles. The Balaban J connectivity index is 2.27. The molecule has 0 bridgehead atoms. The maximum atomic E-state index is 13.7. The van der Waals surface area contributed by atoms with Crippen LogP contribution in [0.5, 0.6) is 5.75 Å². The molecule has 2 rings (SSSR count). The van der Waals surface area contributed by atoms with Crippen molar-refractivity contribution in [2.75, 3.05) is 12.4 Å². The van der Waals surface area contributed by atoms with Gasteiger partial charge in [0.2, 0.25) is 0 Å². The van der Waals surface area contributed by atoms with Crippen LogP contribution in [-0.4, -0.2) is 13.0 Å². The zero-order chi connectivity index (χ0) is 13.8. The van der Waals surface area contributed by atoms with Gasteiger partial charge in [0.05, 0.1) is 7.11 Å². The lowest BCUT2D eigenvalue weighted by molar-refractivity contribution is 0.102. The third-order valence-electron chi connectivity index (χ3n) is 2.52. The van der Waals surface area contributed by atoms with Crippen LogP contribution < -0.4 is 10.1 Å². The zero-order valence-electron chi connectivity index (χ0n) is 10.1. The molecule has 1 N–H and O–H groups in total. The fraction of sp³-hybridized carbons (Fsp3) is 0.0714. The number of rotatable bonds is 3. The summed E-state index contributed by atoms with van der Waals surface area (Å²) in [6, 6.07) is 11.5. The quantitative estimate of drug-likeness (QED) is 0.836. The van der Waals surface area contributed by atoms with Gasteiger partial charge < -0.3 is 10.1 Å². The summed E-state index contributed by atoms with van der Waals surface area (Å²) >= 11 is 2.17. The molecule has 19 heavy (non-hydrogen) atoms. The summed E-state index contributed by atoms with van der Waals surface area (Å²) in [5, 5.41) is 2.64. The highest BCUT2D eigenvalue weighted by atomic mass is 127. The Kier molecular flexibility index (Phi) is 4.36. The van der Waals surface area contributed by atoms with Crippen LogP contribution in [0.25, 0.3) is 0 Å². The van der Waals surface area contributed by atoms with Crippen LogP contribution in [0.4, 0.5) is 10.1 Å². The van der Waals surface area contributed by atoms with E-state index in [0.29, 0.717) is 5.69 Å². The number of benzene rings is 2. The highest BCUT2D eigenvalue weighted by Gasteiger charge is 2.17. The minimum absolute atomic E-state index is 0.0939. The third kappa shape index (κ3) is 3.23. The van der Waals surface area contributed by atoms with E-state index in [1.807, 2.05) is 12.1 Å². The first kappa shape index (κ1) is 13.8. The summed E-state index contributed by atoms with van der Waals surface area (Å²) in [5.74, 6) is -0.929. The largest absolute Gasteiger partial charge is 0.496 e. The van der Waals surface area contributed by atoms with E-state index in [4.69, 9.17) is 4.74 Å². The van der Waals surface area contributed by atoms with Gasteiger partial charge in [-0.2, -0.15) is 0 Å². The van der Waals surface area contributed by atoms with Gasteiger partial charge in [-0.1, -0.05) is 6.07 Å². The Morgan fingerprint density at radius 2 is 1.89 bits per heavy atom. The van der Waals surface area contributed by atoms with E-state index < -0.39 is 11.7 Å². The van der Waals surface area contributed by atoms with E-state index in [-0.39, 0.29) is 11.3 Å². The molecule has 2 aromatic carbocycles. The molecule has 5 heteroatoms. The molecule has 0 unspecified atom stereocenters. The summed E-state index contributed by atoms with van der Waals surface area (Å²) in [4.78, 5) is 12.1. The number of amides is 1. The van der Waals surface area contributed by atoms with Crippen molar-refractivity contribution in [1.82, 2.24) is 0 Å². The molecule has 0 aliphatic heterocycles. The van der Waals surface area contributed by atoms with Crippen molar-refractivity contribution in [2.24, 2.45) is 0 Å². The first-order valence-electron chi connectivity index (χ1n) is 5.51.